The van der Waals surface area contributed by atoms with Crippen LogP contribution in [-0.4, -0.2) is 34.6 Å². The van der Waals surface area contributed by atoms with E-state index in [1.807, 2.05) is 0 Å². The third-order valence-corrected chi connectivity index (χ3v) is 2.45. The third kappa shape index (κ3) is 1.97. The van der Waals surface area contributed by atoms with Crippen LogP contribution < -0.4 is 0 Å². The van der Waals surface area contributed by atoms with E-state index in [2.05, 4.69) is 5.10 Å². The number of hydrogen-bond acceptors (Lipinski definition) is 4. The van der Waals surface area contributed by atoms with Gasteiger partial charge < -0.3 is 4.74 Å². The maximum atomic E-state index is 11.8. The highest BCUT2D eigenvalue weighted by Crippen LogP contribution is 2.14. The molecule has 0 spiro atoms. The average Bonchev–Trinajstić information content (AvgIpc) is 2.65. The zero-order valence-corrected chi connectivity index (χ0v) is 8.47. The fourth-order valence-corrected chi connectivity index (χ4v) is 1.59. The Morgan fingerprint density at radius 2 is 2.47 bits per heavy atom. The average molecular weight is 208 g/mol. The molecule has 1 unspecified atom stereocenters. The van der Waals surface area contributed by atoms with Crippen LogP contribution in [0.1, 0.15) is 16.9 Å². The molecule has 1 saturated heterocycles. The van der Waals surface area contributed by atoms with E-state index < -0.39 is 5.92 Å². The Kier molecular flexibility index (Phi) is 2.64. The number of nitrogens with zero attached hydrogens (tertiary/aromatic N) is 2. The standard InChI is InChI=1S/C10H12N2O3/c1-12-4-2-8(11-12)10(14)7-6-15-5-3-9(7)13/h2,4,7H,3,5-6H2,1H3. The lowest BCUT2D eigenvalue weighted by Crippen LogP contribution is -2.34. The van der Waals surface area contributed by atoms with E-state index in [0.29, 0.717) is 18.7 Å². The molecule has 0 bridgehead atoms. The van der Waals surface area contributed by atoms with Crippen molar-refractivity contribution < 1.29 is 14.3 Å². The number of Topliss-reactive ketones (excluding diaryl/α,β-unsaturated/α-hetero) is 2. The van der Waals surface area contributed by atoms with Crippen LogP contribution in [0.5, 0.6) is 0 Å². The van der Waals surface area contributed by atoms with Gasteiger partial charge in [0.05, 0.1) is 13.2 Å². The summed E-state index contributed by atoms with van der Waals surface area (Å²) in [5.74, 6) is -0.939. The number of ether oxygens (including phenoxy) is 1. The molecular formula is C10H12N2O3. The lowest BCUT2D eigenvalue weighted by atomic mass is 9.94. The van der Waals surface area contributed by atoms with Crippen LogP contribution in [0.25, 0.3) is 0 Å². The van der Waals surface area contributed by atoms with E-state index in [1.54, 1.807) is 24.0 Å². The van der Waals surface area contributed by atoms with E-state index in [1.165, 1.54) is 0 Å². The van der Waals surface area contributed by atoms with Gasteiger partial charge in [-0.1, -0.05) is 0 Å². The van der Waals surface area contributed by atoms with Gasteiger partial charge in [0.2, 0.25) is 0 Å². The Bertz CT molecular complexity index is 397. The largest absolute Gasteiger partial charge is 0.380 e. The summed E-state index contributed by atoms with van der Waals surface area (Å²) in [6.07, 6.45) is 2.00. The van der Waals surface area contributed by atoms with Gasteiger partial charge in [-0.3, -0.25) is 14.3 Å². The highest BCUT2D eigenvalue weighted by atomic mass is 16.5. The summed E-state index contributed by atoms with van der Waals surface area (Å²) in [5, 5.41) is 3.98. The van der Waals surface area contributed by atoms with Crippen molar-refractivity contribution >= 4 is 11.6 Å². The predicted octanol–water partition coefficient (Wildman–Crippen LogP) is 0.208. The Hall–Kier alpha value is -1.49. The second-order valence-corrected chi connectivity index (χ2v) is 3.58. The topological polar surface area (TPSA) is 61.2 Å². The Labute approximate surface area is 87.0 Å². The minimum absolute atomic E-state index is 0.0445. The first kappa shape index (κ1) is 10.0. The van der Waals surface area contributed by atoms with Crippen LogP contribution in [0.4, 0.5) is 0 Å². The Balaban J connectivity index is 2.16. The van der Waals surface area contributed by atoms with Gasteiger partial charge >= 0.3 is 0 Å². The van der Waals surface area contributed by atoms with Crippen molar-refractivity contribution in [2.75, 3.05) is 13.2 Å². The summed E-state index contributed by atoms with van der Waals surface area (Å²) >= 11 is 0. The third-order valence-electron chi connectivity index (χ3n) is 2.45. The maximum Gasteiger partial charge on any atom is 0.195 e. The molecule has 15 heavy (non-hydrogen) atoms. The molecule has 1 aromatic rings. The van der Waals surface area contributed by atoms with Crippen LogP contribution in [0.3, 0.4) is 0 Å². The molecule has 0 aliphatic carbocycles. The van der Waals surface area contributed by atoms with E-state index in [-0.39, 0.29) is 18.2 Å². The monoisotopic (exact) mass is 208 g/mol. The zero-order chi connectivity index (χ0) is 10.8. The van der Waals surface area contributed by atoms with Gasteiger partial charge in [-0.15, -0.1) is 0 Å². The van der Waals surface area contributed by atoms with Gasteiger partial charge in [-0.2, -0.15) is 5.10 Å². The van der Waals surface area contributed by atoms with E-state index in [0.717, 1.165) is 0 Å². The van der Waals surface area contributed by atoms with Crippen LogP contribution in [0.15, 0.2) is 12.3 Å². The normalized spacial score (nSPS) is 21.7. The molecule has 0 amide bonds. The minimum Gasteiger partial charge on any atom is -0.380 e. The summed E-state index contributed by atoms with van der Waals surface area (Å²) in [7, 11) is 1.73. The lowest BCUT2D eigenvalue weighted by Gasteiger charge is -2.18. The van der Waals surface area contributed by atoms with Gasteiger partial charge in [0.25, 0.3) is 0 Å². The molecule has 2 heterocycles. The maximum absolute atomic E-state index is 11.8. The van der Waals surface area contributed by atoms with Crippen molar-refractivity contribution in [3.63, 3.8) is 0 Å². The van der Waals surface area contributed by atoms with E-state index in [9.17, 15) is 9.59 Å². The predicted molar refractivity (Wildman–Crippen MR) is 51.5 cm³/mol. The molecule has 1 aliphatic heterocycles. The van der Waals surface area contributed by atoms with E-state index in [4.69, 9.17) is 4.74 Å². The fourth-order valence-electron chi connectivity index (χ4n) is 1.59. The number of aryl methyl sites for hydroxylation is 1. The van der Waals surface area contributed by atoms with Crippen molar-refractivity contribution in [3.05, 3.63) is 18.0 Å². The van der Waals surface area contributed by atoms with Crippen molar-refractivity contribution in [2.24, 2.45) is 13.0 Å². The molecule has 1 fully saturated rings. The molecular weight excluding hydrogens is 196 g/mol. The van der Waals surface area contributed by atoms with Gasteiger partial charge in [-0.25, -0.2) is 0 Å². The molecule has 0 N–H and O–H groups in total. The second-order valence-electron chi connectivity index (χ2n) is 3.58. The zero-order valence-electron chi connectivity index (χ0n) is 8.47. The molecule has 5 nitrogen and oxygen atoms in total. The van der Waals surface area contributed by atoms with Crippen molar-refractivity contribution in [1.29, 1.82) is 0 Å². The van der Waals surface area contributed by atoms with Gasteiger partial charge in [-0.05, 0) is 6.07 Å². The Morgan fingerprint density at radius 3 is 3.07 bits per heavy atom. The van der Waals surface area contributed by atoms with Crippen LogP contribution in [0, 0.1) is 5.92 Å². The number of rotatable bonds is 2. The number of carbonyl (C=O) groups is 2. The first-order valence-corrected chi connectivity index (χ1v) is 4.83. The molecule has 0 saturated carbocycles. The molecule has 5 heteroatoms. The summed E-state index contributed by atoms with van der Waals surface area (Å²) in [6, 6.07) is 1.62. The summed E-state index contributed by atoms with van der Waals surface area (Å²) < 4.78 is 6.67. The first-order chi connectivity index (χ1) is 7.18. The molecule has 0 radical (unpaired) electrons. The van der Waals surface area contributed by atoms with Gasteiger partial charge in [0.1, 0.15) is 17.4 Å². The highest BCUT2D eigenvalue weighted by molar-refractivity contribution is 6.10. The smallest absolute Gasteiger partial charge is 0.195 e. The van der Waals surface area contributed by atoms with Crippen LogP contribution in [0.2, 0.25) is 0 Å². The molecule has 1 atom stereocenters. The van der Waals surface area contributed by atoms with Crippen molar-refractivity contribution in [1.82, 2.24) is 9.78 Å². The SMILES string of the molecule is Cn1ccc(C(=O)C2COCCC2=O)n1. The van der Waals surface area contributed by atoms with Crippen LogP contribution in [-0.2, 0) is 16.6 Å². The van der Waals surface area contributed by atoms with E-state index >= 15 is 0 Å². The molecule has 1 aromatic heterocycles. The summed E-state index contributed by atoms with van der Waals surface area (Å²) in [6.45, 7) is 0.610. The first-order valence-electron chi connectivity index (χ1n) is 4.83. The number of ketones is 2. The highest BCUT2D eigenvalue weighted by Gasteiger charge is 2.31. The van der Waals surface area contributed by atoms with Crippen molar-refractivity contribution in [2.45, 2.75) is 6.42 Å². The summed E-state index contributed by atoms with van der Waals surface area (Å²) in [4.78, 5) is 23.3. The quantitative estimate of drug-likeness (QED) is 0.515. The molecule has 80 valence electrons. The van der Waals surface area contributed by atoms with Gasteiger partial charge in [0, 0.05) is 19.7 Å². The number of hydrogen-bond donors (Lipinski definition) is 0. The number of carbonyl (C=O) groups excluding carboxylic acids is 2. The molecule has 2 rings (SSSR count). The minimum atomic E-state index is -0.659. The lowest BCUT2D eigenvalue weighted by molar-refractivity contribution is -0.128. The second kappa shape index (κ2) is 3.94. The molecule has 0 aromatic carbocycles. The van der Waals surface area contributed by atoms with Crippen molar-refractivity contribution in [3.8, 4) is 0 Å². The van der Waals surface area contributed by atoms with Gasteiger partial charge in [0.15, 0.2) is 5.78 Å². The molecule has 1 aliphatic rings. The summed E-state index contributed by atoms with van der Waals surface area (Å²) in [5.41, 5.74) is 0.335. The Morgan fingerprint density at radius 1 is 1.67 bits per heavy atom. The van der Waals surface area contributed by atoms with Crippen LogP contribution >= 0.6 is 0 Å². The fraction of sp³-hybridized carbons (Fsp3) is 0.500. The number of aromatic nitrogens is 2.